The molecule has 0 radical (unpaired) electrons. The van der Waals surface area contributed by atoms with Crippen LogP contribution in [0.2, 0.25) is 0 Å². The lowest BCUT2D eigenvalue weighted by Gasteiger charge is -2.10. The fraction of sp³-hybridized carbons (Fsp3) is 0.154. The molecule has 0 aliphatic carbocycles. The highest BCUT2D eigenvalue weighted by molar-refractivity contribution is 7.89. The van der Waals surface area contributed by atoms with Crippen molar-refractivity contribution in [3.8, 4) is 6.07 Å². The molecule has 2 rings (SSSR count). The molecule has 0 bridgehead atoms. The minimum absolute atomic E-state index is 0.124. The molecule has 6 heteroatoms. The number of nitrogens with zero attached hydrogens (tertiary/aromatic N) is 1. The van der Waals surface area contributed by atoms with Crippen molar-refractivity contribution in [2.45, 2.75) is 17.9 Å². The van der Waals surface area contributed by atoms with E-state index in [1.807, 2.05) is 6.07 Å². The van der Waals surface area contributed by atoms with Gasteiger partial charge in [-0.25, -0.2) is 8.42 Å². The number of nitriles is 1. The predicted octanol–water partition coefficient (Wildman–Crippen LogP) is 2.13. The highest BCUT2D eigenvalue weighted by atomic mass is 32.2. The van der Waals surface area contributed by atoms with Gasteiger partial charge in [0.1, 0.15) is 5.76 Å². The van der Waals surface area contributed by atoms with E-state index in [2.05, 4.69) is 4.72 Å². The summed E-state index contributed by atoms with van der Waals surface area (Å²) in [6.45, 7) is 1.80. The summed E-state index contributed by atoms with van der Waals surface area (Å²) in [4.78, 5) is 0.124. The number of hydrogen-bond donors (Lipinski definition) is 1. The van der Waals surface area contributed by atoms with Gasteiger partial charge in [-0.2, -0.15) is 9.98 Å². The van der Waals surface area contributed by atoms with E-state index in [1.54, 1.807) is 37.3 Å². The highest BCUT2D eigenvalue weighted by Gasteiger charge is 2.22. The first-order valence-corrected chi connectivity index (χ1v) is 7.03. The number of hydrogen-bond acceptors (Lipinski definition) is 4. The van der Waals surface area contributed by atoms with Gasteiger partial charge in [-0.05, 0) is 36.8 Å². The number of furan rings is 1. The van der Waals surface area contributed by atoms with Gasteiger partial charge in [0.05, 0.1) is 17.2 Å². The Balaban J connectivity index is 2.29. The quantitative estimate of drug-likeness (QED) is 0.927. The summed E-state index contributed by atoms with van der Waals surface area (Å²) >= 11 is 0. The number of aryl methyl sites for hydroxylation is 1. The van der Waals surface area contributed by atoms with Gasteiger partial charge in [0.2, 0.25) is 10.0 Å². The number of nitrogens with one attached hydrogen (secondary N) is 1. The Hall–Kier alpha value is -2.10. The van der Waals surface area contributed by atoms with Crippen LogP contribution in [0, 0.1) is 18.3 Å². The van der Waals surface area contributed by atoms with Crippen LogP contribution in [0.1, 0.15) is 17.4 Å². The average molecular weight is 276 g/mol. The van der Waals surface area contributed by atoms with Gasteiger partial charge < -0.3 is 4.42 Å². The summed E-state index contributed by atoms with van der Waals surface area (Å²) in [6, 6.07) is 10.4. The molecule has 1 aromatic heterocycles. The third-order valence-electron chi connectivity index (χ3n) is 2.53. The van der Waals surface area contributed by atoms with Gasteiger partial charge in [0.15, 0.2) is 6.04 Å². The molecule has 98 valence electrons. The molecular formula is C13H12N2O3S. The van der Waals surface area contributed by atoms with E-state index in [4.69, 9.17) is 9.68 Å². The first kappa shape index (κ1) is 13.3. The molecule has 0 aliphatic heterocycles. The van der Waals surface area contributed by atoms with Gasteiger partial charge in [-0.1, -0.05) is 12.1 Å². The van der Waals surface area contributed by atoms with E-state index in [9.17, 15) is 8.42 Å². The maximum Gasteiger partial charge on any atom is 0.242 e. The summed E-state index contributed by atoms with van der Waals surface area (Å²) in [5, 5.41) is 9.03. The van der Waals surface area contributed by atoms with Crippen molar-refractivity contribution in [1.82, 2.24) is 4.72 Å². The number of sulfonamides is 1. The van der Waals surface area contributed by atoms with Crippen LogP contribution in [0.5, 0.6) is 0 Å². The van der Waals surface area contributed by atoms with Gasteiger partial charge in [-0.15, -0.1) is 0 Å². The molecule has 1 unspecified atom stereocenters. The van der Waals surface area contributed by atoms with Crippen LogP contribution in [-0.2, 0) is 10.0 Å². The zero-order valence-electron chi connectivity index (χ0n) is 10.2. The molecule has 0 saturated heterocycles. The molecule has 1 aromatic carbocycles. The van der Waals surface area contributed by atoms with Gasteiger partial charge in [0.25, 0.3) is 0 Å². The zero-order chi connectivity index (χ0) is 13.9. The molecular weight excluding hydrogens is 264 g/mol. The molecule has 1 N–H and O–H groups in total. The first-order valence-electron chi connectivity index (χ1n) is 5.55. The fourth-order valence-corrected chi connectivity index (χ4v) is 2.82. The van der Waals surface area contributed by atoms with Crippen molar-refractivity contribution in [3.63, 3.8) is 0 Å². The maximum atomic E-state index is 12.1. The molecule has 0 spiro atoms. The molecule has 5 nitrogen and oxygen atoms in total. The summed E-state index contributed by atoms with van der Waals surface area (Å²) in [5.74, 6) is 0.263. The minimum atomic E-state index is -3.75. The van der Waals surface area contributed by atoms with E-state index < -0.39 is 16.1 Å². The Morgan fingerprint density at radius 1 is 1.32 bits per heavy atom. The Bertz CT molecular complexity index is 700. The van der Waals surface area contributed by atoms with Crippen molar-refractivity contribution in [2.24, 2.45) is 0 Å². The second-order valence-corrected chi connectivity index (χ2v) is 5.73. The smallest absolute Gasteiger partial charge is 0.242 e. The van der Waals surface area contributed by atoms with E-state index >= 15 is 0 Å². The van der Waals surface area contributed by atoms with E-state index in [-0.39, 0.29) is 10.7 Å². The summed E-state index contributed by atoms with van der Waals surface area (Å²) in [6.07, 6.45) is 1.39. The van der Waals surface area contributed by atoms with Crippen molar-refractivity contribution >= 4 is 10.0 Å². The minimum Gasteiger partial charge on any atom is -0.467 e. The van der Waals surface area contributed by atoms with E-state index in [0.717, 1.165) is 5.56 Å². The van der Waals surface area contributed by atoms with E-state index in [0.29, 0.717) is 0 Å². The Labute approximate surface area is 111 Å². The van der Waals surface area contributed by atoms with Gasteiger partial charge in [0, 0.05) is 0 Å². The highest BCUT2D eigenvalue weighted by Crippen LogP contribution is 2.17. The van der Waals surface area contributed by atoms with Crippen LogP contribution in [0.25, 0.3) is 0 Å². The predicted molar refractivity (Wildman–Crippen MR) is 68.6 cm³/mol. The molecule has 19 heavy (non-hydrogen) atoms. The van der Waals surface area contributed by atoms with Gasteiger partial charge in [-0.3, -0.25) is 0 Å². The zero-order valence-corrected chi connectivity index (χ0v) is 11.0. The number of rotatable bonds is 4. The standard InChI is InChI=1S/C13H12N2O3S/c1-10-4-2-5-11(8-10)19(16,17)15-12(9-14)13-6-3-7-18-13/h2-8,12,15H,1H3. The van der Waals surface area contributed by atoms with Crippen LogP contribution in [-0.4, -0.2) is 8.42 Å². The normalized spacial score (nSPS) is 12.8. The SMILES string of the molecule is Cc1cccc(S(=O)(=O)NC(C#N)c2ccco2)c1. The van der Waals surface area contributed by atoms with Crippen LogP contribution < -0.4 is 4.72 Å². The fourth-order valence-electron chi connectivity index (χ4n) is 1.61. The lowest BCUT2D eigenvalue weighted by atomic mass is 10.2. The average Bonchev–Trinajstić information content (AvgIpc) is 2.90. The lowest BCUT2D eigenvalue weighted by molar-refractivity contribution is 0.479. The summed E-state index contributed by atoms with van der Waals surface area (Å²) in [7, 11) is -3.75. The monoisotopic (exact) mass is 276 g/mol. The van der Waals surface area contributed by atoms with Crippen molar-refractivity contribution in [3.05, 3.63) is 54.0 Å². The van der Waals surface area contributed by atoms with Gasteiger partial charge >= 0.3 is 0 Å². The van der Waals surface area contributed by atoms with Crippen LogP contribution in [0.15, 0.2) is 52.0 Å². The second-order valence-electron chi connectivity index (χ2n) is 4.02. The largest absolute Gasteiger partial charge is 0.467 e. The molecule has 2 aromatic rings. The molecule has 0 aliphatic rings. The van der Waals surface area contributed by atoms with E-state index in [1.165, 1.54) is 12.3 Å². The van der Waals surface area contributed by atoms with Crippen LogP contribution in [0.4, 0.5) is 0 Å². The molecule has 0 fully saturated rings. The first-order chi connectivity index (χ1) is 9.03. The third kappa shape index (κ3) is 3.02. The Kier molecular flexibility index (Phi) is 3.69. The molecule has 0 saturated carbocycles. The third-order valence-corrected chi connectivity index (χ3v) is 3.95. The summed E-state index contributed by atoms with van der Waals surface area (Å²) < 4.78 is 31.6. The maximum absolute atomic E-state index is 12.1. The molecule has 1 heterocycles. The van der Waals surface area contributed by atoms with Crippen molar-refractivity contribution < 1.29 is 12.8 Å². The number of benzene rings is 1. The Morgan fingerprint density at radius 2 is 2.11 bits per heavy atom. The van der Waals surface area contributed by atoms with Crippen molar-refractivity contribution in [1.29, 1.82) is 5.26 Å². The van der Waals surface area contributed by atoms with Crippen LogP contribution in [0.3, 0.4) is 0 Å². The topological polar surface area (TPSA) is 83.1 Å². The lowest BCUT2D eigenvalue weighted by Crippen LogP contribution is -2.27. The molecule has 0 amide bonds. The van der Waals surface area contributed by atoms with Crippen LogP contribution >= 0.6 is 0 Å². The second kappa shape index (κ2) is 5.26. The summed E-state index contributed by atoms with van der Waals surface area (Å²) in [5.41, 5.74) is 0.828. The Morgan fingerprint density at radius 3 is 2.68 bits per heavy atom. The molecule has 1 atom stereocenters. The van der Waals surface area contributed by atoms with Crippen molar-refractivity contribution in [2.75, 3.05) is 0 Å².